The van der Waals surface area contributed by atoms with Gasteiger partial charge in [-0.05, 0) is 42.8 Å². The van der Waals surface area contributed by atoms with Gasteiger partial charge in [-0.3, -0.25) is 9.59 Å². The van der Waals surface area contributed by atoms with E-state index in [2.05, 4.69) is 15.6 Å². The minimum Gasteiger partial charge on any atom is -0.459 e. The van der Waals surface area contributed by atoms with Gasteiger partial charge < -0.3 is 19.8 Å². The maximum absolute atomic E-state index is 12.2. The van der Waals surface area contributed by atoms with Gasteiger partial charge in [0.05, 0.1) is 16.3 Å². The van der Waals surface area contributed by atoms with E-state index in [4.69, 9.17) is 20.8 Å². The number of thiophene rings is 1. The molecule has 0 aliphatic rings. The average molecular weight is 420 g/mol. The Bertz CT molecular complexity index is 999. The van der Waals surface area contributed by atoms with E-state index < -0.39 is 24.4 Å². The Hall–Kier alpha value is -3.17. The van der Waals surface area contributed by atoms with E-state index in [1.165, 1.54) is 24.6 Å². The SMILES string of the molecule is Cc1cc(NC(=O)c2ccco2)sc1C(=O)OCC(=O)Nc1ccc(Cl)cn1. The van der Waals surface area contributed by atoms with Gasteiger partial charge in [0.15, 0.2) is 12.4 Å². The molecule has 2 N–H and O–H groups in total. The summed E-state index contributed by atoms with van der Waals surface area (Å²) < 4.78 is 10.0. The second kappa shape index (κ2) is 8.68. The molecule has 0 saturated heterocycles. The second-order valence-corrected chi connectivity index (χ2v) is 7.03. The fourth-order valence-electron chi connectivity index (χ4n) is 2.15. The summed E-state index contributed by atoms with van der Waals surface area (Å²) in [5.74, 6) is -1.19. The van der Waals surface area contributed by atoms with Gasteiger partial charge in [-0.1, -0.05) is 11.6 Å². The number of aryl methyl sites for hydroxylation is 1. The molecular weight excluding hydrogens is 406 g/mol. The number of nitrogens with one attached hydrogen (secondary N) is 2. The van der Waals surface area contributed by atoms with Gasteiger partial charge in [0.1, 0.15) is 10.7 Å². The van der Waals surface area contributed by atoms with Gasteiger partial charge in [0, 0.05) is 6.20 Å². The van der Waals surface area contributed by atoms with Crippen molar-refractivity contribution in [2.45, 2.75) is 6.92 Å². The molecule has 144 valence electrons. The van der Waals surface area contributed by atoms with Crippen LogP contribution >= 0.6 is 22.9 Å². The highest BCUT2D eigenvalue weighted by molar-refractivity contribution is 7.18. The Balaban J connectivity index is 1.55. The van der Waals surface area contributed by atoms with E-state index in [0.717, 1.165) is 11.3 Å². The van der Waals surface area contributed by atoms with Gasteiger partial charge in [0.2, 0.25) is 0 Å². The monoisotopic (exact) mass is 419 g/mol. The molecular formula is C18H14ClN3O5S. The van der Waals surface area contributed by atoms with E-state index in [1.54, 1.807) is 25.1 Å². The summed E-state index contributed by atoms with van der Waals surface area (Å²) in [5.41, 5.74) is 0.615. The fourth-order valence-corrected chi connectivity index (χ4v) is 3.23. The molecule has 0 radical (unpaired) electrons. The van der Waals surface area contributed by atoms with Crippen LogP contribution in [-0.4, -0.2) is 29.4 Å². The van der Waals surface area contributed by atoms with Crippen LogP contribution < -0.4 is 10.6 Å². The van der Waals surface area contributed by atoms with Crippen molar-refractivity contribution in [2.24, 2.45) is 0 Å². The summed E-state index contributed by atoms with van der Waals surface area (Å²) in [6.07, 6.45) is 2.78. The van der Waals surface area contributed by atoms with Crippen LogP contribution in [0.5, 0.6) is 0 Å². The molecule has 0 bridgehead atoms. The summed E-state index contributed by atoms with van der Waals surface area (Å²) in [6.45, 7) is 1.22. The molecule has 2 amide bonds. The van der Waals surface area contributed by atoms with Gasteiger partial charge in [-0.15, -0.1) is 11.3 Å². The number of carbonyl (C=O) groups excluding carboxylic acids is 3. The van der Waals surface area contributed by atoms with Crippen molar-refractivity contribution in [1.82, 2.24) is 4.98 Å². The Morgan fingerprint density at radius 3 is 2.75 bits per heavy atom. The first-order chi connectivity index (χ1) is 13.4. The standard InChI is InChI=1S/C18H14ClN3O5S/c1-10-7-15(22-17(24)12-3-2-6-26-12)28-16(10)18(25)27-9-14(23)21-13-5-4-11(19)8-20-13/h2-8H,9H2,1H3,(H,22,24)(H,20,21,23). The third-order valence-electron chi connectivity index (χ3n) is 3.41. The molecule has 8 nitrogen and oxygen atoms in total. The number of ether oxygens (including phenoxy) is 1. The lowest BCUT2D eigenvalue weighted by Crippen LogP contribution is -2.21. The number of hydrogen-bond acceptors (Lipinski definition) is 7. The number of nitrogens with zero attached hydrogens (tertiary/aromatic N) is 1. The smallest absolute Gasteiger partial charge is 0.349 e. The number of esters is 1. The number of rotatable bonds is 6. The minimum absolute atomic E-state index is 0.155. The summed E-state index contributed by atoms with van der Waals surface area (Å²) in [7, 11) is 0. The molecule has 0 aromatic carbocycles. The van der Waals surface area contributed by atoms with Crippen LogP contribution in [0.1, 0.15) is 25.8 Å². The normalized spacial score (nSPS) is 10.4. The van der Waals surface area contributed by atoms with Gasteiger partial charge in [0.25, 0.3) is 11.8 Å². The zero-order valence-electron chi connectivity index (χ0n) is 14.5. The number of anilines is 2. The molecule has 3 rings (SSSR count). The number of carbonyl (C=O) groups is 3. The van der Waals surface area contributed by atoms with E-state index in [0.29, 0.717) is 21.4 Å². The Labute approximate surface area is 168 Å². The predicted molar refractivity (Wildman–Crippen MR) is 104 cm³/mol. The summed E-state index contributed by atoms with van der Waals surface area (Å²) in [4.78, 5) is 40.3. The van der Waals surface area contributed by atoms with Crippen molar-refractivity contribution < 1.29 is 23.5 Å². The highest BCUT2D eigenvalue weighted by Crippen LogP contribution is 2.27. The molecule has 28 heavy (non-hydrogen) atoms. The van der Waals surface area contributed by atoms with Crippen molar-refractivity contribution in [1.29, 1.82) is 0 Å². The van der Waals surface area contributed by atoms with Crippen LogP contribution in [0.2, 0.25) is 5.02 Å². The lowest BCUT2D eigenvalue weighted by Gasteiger charge is -2.05. The quantitative estimate of drug-likeness (QED) is 0.589. The van der Waals surface area contributed by atoms with Crippen molar-refractivity contribution in [3.05, 3.63) is 64.0 Å². The molecule has 0 saturated carbocycles. The third kappa shape index (κ3) is 4.96. The fraction of sp³-hybridized carbons (Fsp3) is 0.111. The summed E-state index contributed by atoms with van der Waals surface area (Å²) in [5, 5.41) is 6.03. The van der Waals surface area contributed by atoms with Crippen molar-refractivity contribution in [2.75, 3.05) is 17.2 Å². The maximum Gasteiger partial charge on any atom is 0.349 e. The van der Waals surface area contributed by atoms with Crippen LogP contribution in [0.4, 0.5) is 10.8 Å². The molecule has 0 spiro atoms. The molecule has 0 aliphatic heterocycles. The number of amides is 2. The Morgan fingerprint density at radius 1 is 1.25 bits per heavy atom. The van der Waals surface area contributed by atoms with Crippen molar-refractivity contribution >= 4 is 51.5 Å². The maximum atomic E-state index is 12.2. The first kappa shape index (κ1) is 19.6. The van der Waals surface area contributed by atoms with Gasteiger partial charge in [-0.25, -0.2) is 9.78 Å². The number of furan rings is 1. The average Bonchev–Trinajstić information content (AvgIpc) is 3.32. The Kier molecular flexibility index (Phi) is 6.07. The van der Waals surface area contributed by atoms with Crippen LogP contribution in [0.25, 0.3) is 0 Å². The van der Waals surface area contributed by atoms with E-state index in [9.17, 15) is 14.4 Å². The lowest BCUT2D eigenvalue weighted by atomic mass is 10.3. The summed E-state index contributed by atoms with van der Waals surface area (Å²) in [6, 6.07) is 7.87. The molecule has 0 aliphatic carbocycles. The molecule has 10 heteroatoms. The molecule has 3 aromatic rings. The number of pyridine rings is 1. The lowest BCUT2D eigenvalue weighted by molar-refractivity contribution is -0.119. The molecule has 3 heterocycles. The number of hydrogen-bond donors (Lipinski definition) is 2. The minimum atomic E-state index is -0.666. The molecule has 0 unspecified atom stereocenters. The van der Waals surface area contributed by atoms with Crippen LogP contribution in [0.3, 0.4) is 0 Å². The summed E-state index contributed by atoms with van der Waals surface area (Å²) >= 11 is 6.76. The van der Waals surface area contributed by atoms with Crippen LogP contribution in [-0.2, 0) is 9.53 Å². The van der Waals surface area contributed by atoms with Crippen molar-refractivity contribution in [3.63, 3.8) is 0 Å². The van der Waals surface area contributed by atoms with Crippen LogP contribution in [0, 0.1) is 6.92 Å². The zero-order chi connectivity index (χ0) is 20.1. The highest BCUT2D eigenvalue weighted by Gasteiger charge is 2.18. The Morgan fingerprint density at radius 2 is 2.07 bits per heavy atom. The van der Waals surface area contributed by atoms with Gasteiger partial charge >= 0.3 is 5.97 Å². The molecule has 0 fully saturated rings. The third-order valence-corrected chi connectivity index (χ3v) is 4.77. The van der Waals surface area contributed by atoms with Crippen LogP contribution in [0.15, 0.2) is 47.2 Å². The van der Waals surface area contributed by atoms with Gasteiger partial charge in [-0.2, -0.15) is 0 Å². The van der Waals surface area contributed by atoms with E-state index in [-0.39, 0.29) is 10.6 Å². The molecule has 0 atom stereocenters. The topological polar surface area (TPSA) is 111 Å². The highest BCUT2D eigenvalue weighted by atomic mass is 35.5. The zero-order valence-corrected chi connectivity index (χ0v) is 16.1. The first-order valence-corrected chi connectivity index (χ1v) is 9.15. The number of halogens is 1. The number of aromatic nitrogens is 1. The van der Waals surface area contributed by atoms with E-state index in [1.807, 2.05) is 0 Å². The van der Waals surface area contributed by atoms with E-state index >= 15 is 0 Å². The second-order valence-electron chi connectivity index (χ2n) is 5.54. The largest absolute Gasteiger partial charge is 0.459 e. The predicted octanol–water partition coefficient (Wildman–Crippen LogP) is 3.75. The first-order valence-electron chi connectivity index (χ1n) is 7.96. The molecule has 3 aromatic heterocycles. The van der Waals surface area contributed by atoms with Crippen molar-refractivity contribution in [3.8, 4) is 0 Å².